The van der Waals surface area contributed by atoms with Gasteiger partial charge >= 0.3 is 0 Å². The molecule has 1 saturated heterocycles. The molecule has 1 fully saturated rings. The second-order valence-corrected chi connectivity index (χ2v) is 4.10. The SMILES string of the molecule is CCc1c(C)noc1[C@@H]1CCCN1C. The van der Waals surface area contributed by atoms with Crippen LogP contribution in [0.2, 0.25) is 0 Å². The molecule has 3 heteroatoms. The van der Waals surface area contributed by atoms with Gasteiger partial charge in [-0.15, -0.1) is 0 Å². The maximum absolute atomic E-state index is 5.45. The Morgan fingerprint density at radius 1 is 1.57 bits per heavy atom. The molecule has 2 heterocycles. The molecule has 2 rings (SSSR count). The maximum atomic E-state index is 5.45. The van der Waals surface area contributed by atoms with Crippen LogP contribution in [0.3, 0.4) is 0 Å². The molecule has 0 spiro atoms. The fraction of sp³-hybridized carbons (Fsp3) is 0.727. The Bertz CT molecular complexity index is 319. The van der Waals surface area contributed by atoms with E-state index < -0.39 is 0 Å². The van der Waals surface area contributed by atoms with Gasteiger partial charge in [-0.2, -0.15) is 0 Å². The number of rotatable bonds is 2. The highest BCUT2D eigenvalue weighted by atomic mass is 16.5. The zero-order chi connectivity index (χ0) is 10.1. The molecule has 0 bridgehead atoms. The lowest BCUT2D eigenvalue weighted by molar-refractivity contribution is 0.249. The van der Waals surface area contributed by atoms with Gasteiger partial charge in [0.15, 0.2) is 5.76 Å². The van der Waals surface area contributed by atoms with Gasteiger partial charge in [0, 0.05) is 5.56 Å². The summed E-state index contributed by atoms with van der Waals surface area (Å²) < 4.78 is 5.45. The highest BCUT2D eigenvalue weighted by Crippen LogP contribution is 2.33. The summed E-state index contributed by atoms with van der Waals surface area (Å²) in [4.78, 5) is 2.36. The van der Waals surface area contributed by atoms with Gasteiger partial charge in [0.1, 0.15) is 0 Å². The van der Waals surface area contributed by atoms with Crippen molar-refractivity contribution in [3.63, 3.8) is 0 Å². The van der Waals surface area contributed by atoms with Crippen LogP contribution in [0.15, 0.2) is 4.52 Å². The molecule has 14 heavy (non-hydrogen) atoms. The summed E-state index contributed by atoms with van der Waals surface area (Å²) in [5, 5.41) is 4.06. The van der Waals surface area contributed by atoms with Crippen molar-refractivity contribution >= 4 is 0 Å². The Morgan fingerprint density at radius 2 is 2.36 bits per heavy atom. The third kappa shape index (κ3) is 1.46. The Kier molecular flexibility index (Phi) is 2.59. The molecule has 0 amide bonds. The minimum atomic E-state index is 0.464. The molecule has 1 aliphatic heterocycles. The van der Waals surface area contributed by atoms with E-state index in [1.54, 1.807) is 0 Å². The minimum absolute atomic E-state index is 0.464. The lowest BCUT2D eigenvalue weighted by Crippen LogP contribution is -2.18. The predicted octanol–water partition coefficient (Wildman–Crippen LogP) is 2.31. The van der Waals surface area contributed by atoms with E-state index in [4.69, 9.17) is 4.52 Å². The number of aryl methyl sites for hydroxylation is 1. The standard InChI is InChI=1S/C11H18N2O/c1-4-9-8(2)12-14-11(9)10-6-5-7-13(10)3/h10H,4-7H2,1-3H3/t10-/m0/s1. The second kappa shape index (κ2) is 3.73. The first kappa shape index (κ1) is 9.71. The molecule has 0 aromatic carbocycles. The molecule has 0 aliphatic carbocycles. The Labute approximate surface area is 85.1 Å². The predicted molar refractivity (Wildman–Crippen MR) is 55.2 cm³/mol. The molecule has 1 aromatic rings. The van der Waals surface area contributed by atoms with Crippen LogP contribution < -0.4 is 0 Å². The van der Waals surface area contributed by atoms with E-state index in [9.17, 15) is 0 Å². The van der Waals surface area contributed by atoms with Gasteiger partial charge in [-0.05, 0) is 39.8 Å². The number of hydrogen-bond donors (Lipinski definition) is 0. The van der Waals surface area contributed by atoms with Crippen LogP contribution in [0, 0.1) is 6.92 Å². The summed E-state index contributed by atoms with van der Waals surface area (Å²) in [5.41, 5.74) is 2.37. The van der Waals surface area contributed by atoms with Gasteiger partial charge in [-0.25, -0.2) is 0 Å². The van der Waals surface area contributed by atoms with E-state index in [2.05, 4.69) is 24.0 Å². The summed E-state index contributed by atoms with van der Waals surface area (Å²) in [6, 6.07) is 0.464. The summed E-state index contributed by atoms with van der Waals surface area (Å²) in [7, 11) is 2.16. The quantitative estimate of drug-likeness (QED) is 0.723. The van der Waals surface area contributed by atoms with Crippen LogP contribution >= 0.6 is 0 Å². The Hall–Kier alpha value is -0.830. The Morgan fingerprint density at radius 3 is 2.93 bits per heavy atom. The number of likely N-dealkylation sites (tertiary alicyclic amines) is 1. The molecule has 0 unspecified atom stereocenters. The van der Waals surface area contributed by atoms with Crippen LogP contribution in [0.25, 0.3) is 0 Å². The minimum Gasteiger partial charge on any atom is -0.359 e. The van der Waals surface area contributed by atoms with E-state index in [1.807, 2.05) is 6.92 Å². The molecular weight excluding hydrogens is 176 g/mol. The van der Waals surface area contributed by atoms with Crippen molar-refractivity contribution in [2.75, 3.05) is 13.6 Å². The van der Waals surface area contributed by atoms with Gasteiger partial charge in [-0.1, -0.05) is 12.1 Å². The summed E-state index contributed by atoms with van der Waals surface area (Å²) >= 11 is 0. The smallest absolute Gasteiger partial charge is 0.157 e. The van der Waals surface area contributed by atoms with E-state index in [1.165, 1.54) is 24.9 Å². The van der Waals surface area contributed by atoms with Crippen LogP contribution in [-0.2, 0) is 6.42 Å². The van der Waals surface area contributed by atoms with E-state index in [0.717, 1.165) is 17.9 Å². The number of nitrogens with zero attached hydrogens (tertiary/aromatic N) is 2. The normalized spacial score (nSPS) is 23.2. The molecule has 1 aliphatic rings. The van der Waals surface area contributed by atoms with Crippen LogP contribution in [0.5, 0.6) is 0 Å². The van der Waals surface area contributed by atoms with Crippen molar-refractivity contribution in [3.8, 4) is 0 Å². The van der Waals surface area contributed by atoms with Crippen LogP contribution in [0.1, 0.15) is 42.8 Å². The van der Waals surface area contributed by atoms with E-state index in [0.29, 0.717) is 6.04 Å². The van der Waals surface area contributed by atoms with Crippen LogP contribution in [-0.4, -0.2) is 23.6 Å². The molecule has 0 N–H and O–H groups in total. The van der Waals surface area contributed by atoms with E-state index in [-0.39, 0.29) is 0 Å². The van der Waals surface area contributed by atoms with Gasteiger partial charge in [-0.3, -0.25) is 4.90 Å². The first-order valence-corrected chi connectivity index (χ1v) is 5.39. The molecule has 78 valence electrons. The van der Waals surface area contributed by atoms with Crippen molar-refractivity contribution in [1.29, 1.82) is 0 Å². The third-order valence-electron chi connectivity index (χ3n) is 3.19. The lowest BCUT2D eigenvalue weighted by atomic mass is 10.0. The number of aromatic nitrogens is 1. The first-order chi connectivity index (χ1) is 6.74. The fourth-order valence-electron chi connectivity index (χ4n) is 2.34. The molecule has 0 saturated carbocycles. The lowest BCUT2D eigenvalue weighted by Gasteiger charge is -2.17. The highest BCUT2D eigenvalue weighted by Gasteiger charge is 2.28. The van der Waals surface area contributed by atoms with Gasteiger partial charge in [0.2, 0.25) is 0 Å². The maximum Gasteiger partial charge on any atom is 0.157 e. The van der Waals surface area contributed by atoms with Crippen LogP contribution in [0.4, 0.5) is 0 Å². The molecule has 1 atom stereocenters. The topological polar surface area (TPSA) is 29.3 Å². The Balaban J connectivity index is 2.30. The highest BCUT2D eigenvalue weighted by molar-refractivity contribution is 5.25. The monoisotopic (exact) mass is 194 g/mol. The van der Waals surface area contributed by atoms with Crippen molar-refractivity contribution in [3.05, 3.63) is 17.0 Å². The molecular formula is C11H18N2O. The van der Waals surface area contributed by atoms with Gasteiger partial charge < -0.3 is 4.52 Å². The van der Waals surface area contributed by atoms with Crippen molar-refractivity contribution in [2.45, 2.75) is 39.2 Å². The fourth-order valence-corrected chi connectivity index (χ4v) is 2.34. The zero-order valence-corrected chi connectivity index (χ0v) is 9.21. The largest absolute Gasteiger partial charge is 0.359 e. The summed E-state index contributed by atoms with van der Waals surface area (Å²) in [5.74, 6) is 1.10. The summed E-state index contributed by atoms with van der Waals surface area (Å²) in [6.07, 6.45) is 3.50. The van der Waals surface area contributed by atoms with Crippen molar-refractivity contribution < 1.29 is 4.52 Å². The summed E-state index contributed by atoms with van der Waals surface area (Å²) in [6.45, 7) is 5.37. The average molecular weight is 194 g/mol. The van der Waals surface area contributed by atoms with Crippen molar-refractivity contribution in [1.82, 2.24) is 10.1 Å². The van der Waals surface area contributed by atoms with Gasteiger partial charge in [0.05, 0.1) is 11.7 Å². The zero-order valence-electron chi connectivity index (χ0n) is 9.21. The molecule has 0 radical (unpaired) electrons. The van der Waals surface area contributed by atoms with Crippen molar-refractivity contribution in [2.24, 2.45) is 0 Å². The third-order valence-corrected chi connectivity index (χ3v) is 3.19. The van der Waals surface area contributed by atoms with Gasteiger partial charge in [0.25, 0.3) is 0 Å². The molecule has 3 nitrogen and oxygen atoms in total. The van der Waals surface area contributed by atoms with E-state index >= 15 is 0 Å². The molecule has 1 aromatic heterocycles. The first-order valence-electron chi connectivity index (χ1n) is 5.39. The average Bonchev–Trinajstić information content (AvgIpc) is 2.71. The second-order valence-electron chi connectivity index (χ2n) is 4.10. The number of hydrogen-bond acceptors (Lipinski definition) is 3.